The molecule has 2 aromatic carbocycles. The van der Waals surface area contributed by atoms with Gasteiger partial charge in [-0.3, -0.25) is 0 Å². The predicted octanol–water partition coefficient (Wildman–Crippen LogP) is 2.85. The van der Waals surface area contributed by atoms with Crippen molar-refractivity contribution in [3.63, 3.8) is 0 Å². The van der Waals surface area contributed by atoms with E-state index in [1.807, 2.05) is 53.1 Å². The van der Waals surface area contributed by atoms with Crippen LogP contribution in [0.2, 0.25) is 0 Å². The standard InChI is InChI=1S/C19H19NO4/c1-23-19(22)17-12-15-16(8-5-9-18(15)24-11-10-21)20(17)13-14-6-3-2-4-7-14/h2-9,12,21H,10-11,13H2,1H3. The molecule has 0 aliphatic heterocycles. The first-order valence-electron chi connectivity index (χ1n) is 7.72. The molecule has 0 aliphatic carbocycles. The van der Waals surface area contributed by atoms with E-state index in [-0.39, 0.29) is 13.2 Å². The summed E-state index contributed by atoms with van der Waals surface area (Å²) in [5, 5.41) is 9.80. The molecule has 124 valence electrons. The highest BCUT2D eigenvalue weighted by Crippen LogP contribution is 2.30. The van der Waals surface area contributed by atoms with Crippen molar-refractivity contribution in [2.75, 3.05) is 20.3 Å². The van der Waals surface area contributed by atoms with Crippen LogP contribution in [0.15, 0.2) is 54.6 Å². The highest BCUT2D eigenvalue weighted by atomic mass is 16.5. The first-order valence-corrected chi connectivity index (χ1v) is 7.72. The zero-order chi connectivity index (χ0) is 16.9. The number of ether oxygens (including phenoxy) is 2. The molecule has 0 saturated carbocycles. The summed E-state index contributed by atoms with van der Waals surface area (Å²) in [5.41, 5.74) is 2.44. The number of rotatable bonds is 6. The van der Waals surface area contributed by atoms with E-state index in [0.717, 1.165) is 16.5 Å². The van der Waals surface area contributed by atoms with Crippen molar-refractivity contribution in [3.8, 4) is 5.75 Å². The van der Waals surface area contributed by atoms with Gasteiger partial charge in [-0.25, -0.2) is 4.79 Å². The summed E-state index contributed by atoms with van der Waals surface area (Å²) >= 11 is 0. The molecule has 1 N–H and O–H groups in total. The van der Waals surface area contributed by atoms with Crippen molar-refractivity contribution in [2.45, 2.75) is 6.54 Å². The van der Waals surface area contributed by atoms with Crippen LogP contribution in [0, 0.1) is 0 Å². The van der Waals surface area contributed by atoms with E-state index in [2.05, 4.69) is 0 Å². The fourth-order valence-electron chi connectivity index (χ4n) is 2.75. The van der Waals surface area contributed by atoms with Gasteiger partial charge >= 0.3 is 5.97 Å². The van der Waals surface area contributed by atoms with E-state index < -0.39 is 5.97 Å². The monoisotopic (exact) mass is 325 g/mol. The Hall–Kier alpha value is -2.79. The zero-order valence-corrected chi connectivity index (χ0v) is 13.4. The fraction of sp³-hybridized carbons (Fsp3) is 0.211. The van der Waals surface area contributed by atoms with Crippen LogP contribution in [-0.4, -0.2) is 36.0 Å². The van der Waals surface area contributed by atoms with Crippen molar-refractivity contribution in [2.24, 2.45) is 0 Å². The van der Waals surface area contributed by atoms with Gasteiger partial charge in [-0.2, -0.15) is 0 Å². The fourth-order valence-corrected chi connectivity index (χ4v) is 2.75. The second kappa shape index (κ2) is 7.19. The first-order chi connectivity index (χ1) is 11.7. The Bertz CT molecular complexity index is 839. The number of carbonyl (C=O) groups is 1. The maximum absolute atomic E-state index is 12.2. The molecule has 5 heteroatoms. The molecule has 0 amide bonds. The van der Waals surface area contributed by atoms with Crippen LogP contribution < -0.4 is 4.74 Å². The lowest BCUT2D eigenvalue weighted by Gasteiger charge is -2.10. The number of esters is 1. The number of fused-ring (bicyclic) bond motifs is 1. The number of benzene rings is 2. The second-order valence-electron chi connectivity index (χ2n) is 5.35. The number of aliphatic hydroxyl groups excluding tert-OH is 1. The number of carbonyl (C=O) groups excluding carboxylic acids is 1. The Balaban J connectivity index is 2.12. The molecule has 5 nitrogen and oxygen atoms in total. The molecule has 0 spiro atoms. The number of hydrogen-bond donors (Lipinski definition) is 1. The van der Waals surface area contributed by atoms with Gasteiger partial charge in [-0.15, -0.1) is 0 Å². The Labute approximate surface area is 140 Å². The van der Waals surface area contributed by atoms with E-state index in [0.29, 0.717) is 18.0 Å². The summed E-state index contributed by atoms with van der Waals surface area (Å²) in [5.74, 6) is 0.244. The minimum atomic E-state index is -0.393. The summed E-state index contributed by atoms with van der Waals surface area (Å²) in [6.07, 6.45) is 0. The molecule has 3 rings (SSSR count). The van der Waals surface area contributed by atoms with Gasteiger partial charge in [0.25, 0.3) is 0 Å². The van der Waals surface area contributed by atoms with Crippen molar-refractivity contribution < 1.29 is 19.4 Å². The maximum atomic E-state index is 12.2. The Morgan fingerprint density at radius 3 is 2.62 bits per heavy atom. The van der Waals surface area contributed by atoms with Crippen molar-refractivity contribution in [1.29, 1.82) is 0 Å². The van der Waals surface area contributed by atoms with Crippen molar-refractivity contribution >= 4 is 16.9 Å². The quantitative estimate of drug-likeness (QED) is 0.708. The van der Waals surface area contributed by atoms with Gasteiger partial charge in [0.15, 0.2) is 0 Å². The van der Waals surface area contributed by atoms with Crippen LogP contribution >= 0.6 is 0 Å². The van der Waals surface area contributed by atoms with Gasteiger partial charge in [0.1, 0.15) is 18.1 Å². The SMILES string of the molecule is COC(=O)c1cc2c(OCCO)cccc2n1Cc1ccccc1. The third-order valence-electron chi connectivity index (χ3n) is 3.83. The summed E-state index contributed by atoms with van der Waals surface area (Å²) in [6, 6.07) is 17.3. The van der Waals surface area contributed by atoms with Crippen molar-refractivity contribution in [3.05, 3.63) is 65.9 Å². The molecule has 24 heavy (non-hydrogen) atoms. The molecule has 0 fully saturated rings. The predicted molar refractivity (Wildman–Crippen MR) is 91.4 cm³/mol. The average molecular weight is 325 g/mol. The topological polar surface area (TPSA) is 60.7 Å². The highest BCUT2D eigenvalue weighted by molar-refractivity contribution is 5.98. The Morgan fingerprint density at radius 2 is 1.92 bits per heavy atom. The summed E-state index contributed by atoms with van der Waals surface area (Å²) in [7, 11) is 1.37. The van der Waals surface area contributed by atoms with Gasteiger partial charge in [0, 0.05) is 11.9 Å². The number of aliphatic hydroxyl groups is 1. The molecule has 0 atom stereocenters. The van der Waals surface area contributed by atoms with Gasteiger partial charge in [0.2, 0.25) is 0 Å². The van der Waals surface area contributed by atoms with Gasteiger partial charge in [-0.05, 0) is 23.8 Å². The third-order valence-corrected chi connectivity index (χ3v) is 3.83. The smallest absolute Gasteiger partial charge is 0.354 e. The molecule has 1 aromatic heterocycles. The third kappa shape index (κ3) is 3.12. The normalized spacial score (nSPS) is 10.8. The van der Waals surface area contributed by atoms with Crippen LogP contribution in [-0.2, 0) is 11.3 Å². The minimum Gasteiger partial charge on any atom is -0.490 e. The molecule has 3 aromatic rings. The highest BCUT2D eigenvalue weighted by Gasteiger charge is 2.18. The van der Waals surface area contributed by atoms with Crippen LogP contribution in [0.25, 0.3) is 10.9 Å². The molecule has 0 radical (unpaired) electrons. The molecule has 0 aliphatic rings. The molecule has 1 heterocycles. The average Bonchev–Trinajstić information content (AvgIpc) is 2.99. The zero-order valence-electron chi connectivity index (χ0n) is 13.4. The summed E-state index contributed by atoms with van der Waals surface area (Å²) in [6.45, 7) is 0.694. The summed E-state index contributed by atoms with van der Waals surface area (Å²) in [4.78, 5) is 12.2. The largest absolute Gasteiger partial charge is 0.490 e. The van der Waals surface area contributed by atoms with Gasteiger partial charge in [-0.1, -0.05) is 36.4 Å². The van der Waals surface area contributed by atoms with E-state index in [1.54, 1.807) is 6.07 Å². The second-order valence-corrected chi connectivity index (χ2v) is 5.35. The first kappa shape index (κ1) is 16.1. The number of methoxy groups -OCH3 is 1. The number of hydrogen-bond acceptors (Lipinski definition) is 4. The van der Waals surface area contributed by atoms with Crippen LogP contribution in [0.5, 0.6) is 5.75 Å². The molecule has 0 unspecified atom stereocenters. The number of aromatic nitrogens is 1. The van der Waals surface area contributed by atoms with Gasteiger partial charge in [0.05, 0.1) is 19.2 Å². The lowest BCUT2D eigenvalue weighted by atomic mass is 10.2. The minimum absolute atomic E-state index is 0.0645. The summed E-state index contributed by atoms with van der Waals surface area (Å²) < 4.78 is 12.4. The van der Waals surface area contributed by atoms with E-state index in [4.69, 9.17) is 14.6 Å². The van der Waals surface area contributed by atoms with Crippen LogP contribution in [0.4, 0.5) is 0 Å². The van der Waals surface area contributed by atoms with Crippen LogP contribution in [0.3, 0.4) is 0 Å². The van der Waals surface area contributed by atoms with E-state index in [9.17, 15) is 4.79 Å². The van der Waals surface area contributed by atoms with E-state index in [1.165, 1.54) is 7.11 Å². The molecular weight excluding hydrogens is 306 g/mol. The molecule has 0 bridgehead atoms. The van der Waals surface area contributed by atoms with Crippen LogP contribution in [0.1, 0.15) is 16.1 Å². The molecule has 0 saturated heterocycles. The Kier molecular flexibility index (Phi) is 4.82. The Morgan fingerprint density at radius 1 is 1.12 bits per heavy atom. The van der Waals surface area contributed by atoms with Gasteiger partial charge < -0.3 is 19.1 Å². The molecular formula is C19H19NO4. The lowest BCUT2D eigenvalue weighted by Crippen LogP contribution is -2.11. The van der Waals surface area contributed by atoms with Crippen molar-refractivity contribution in [1.82, 2.24) is 4.57 Å². The number of nitrogens with zero attached hydrogens (tertiary/aromatic N) is 1. The lowest BCUT2D eigenvalue weighted by molar-refractivity contribution is 0.0589. The maximum Gasteiger partial charge on any atom is 0.354 e. The van der Waals surface area contributed by atoms with E-state index >= 15 is 0 Å².